The fraction of sp³-hybridized carbons (Fsp3) is 0.0556. The van der Waals surface area contributed by atoms with E-state index in [0.717, 1.165) is 22.3 Å². The molecule has 4 N–H and O–H groups in total. The molecule has 0 bridgehead atoms. The van der Waals surface area contributed by atoms with Gasteiger partial charge in [0.05, 0.1) is 11.4 Å². The van der Waals surface area contributed by atoms with Crippen LogP contribution in [0.5, 0.6) is 0 Å². The van der Waals surface area contributed by atoms with Gasteiger partial charge < -0.3 is 16.1 Å². The standard InChI is InChI=1S/C18H16N6OS/c19-24-17(15-10-12-6-4-5-9-14(12)21-15)22-23-18(24)26-11-16(25)20-13-7-2-1-3-8-13/h1-10,21H,11,19H2,(H,20,25). The van der Waals surface area contributed by atoms with E-state index in [1.165, 1.54) is 16.4 Å². The smallest absolute Gasteiger partial charge is 0.234 e. The van der Waals surface area contributed by atoms with E-state index >= 15 is 0 Å². The first-order valence-corrected chi connectivity index (χ1v) is 8.95. The molecule has 0 saturated heterocycles. The number of nitrogen functional groups attached to an aromatic ring is 1. The molecule has 2 aromatic heterocycles. The Morgan fingerprint density at radius 3 is 2.69 bits per heavy atom. The van der Waals surface area contributed by atoms with Crippen LogP contribution < -0.4 is 11.2 Å². The predicted molar refractivity (Wildman–Crippen MR) is 103 cm³/mol. The third-order valence-electron chi connectivity index (χ3n) is 3.83. The van der Waals surface area contributed by atoms with E-state index in [1.807, 2.05) is 60.7 Å². The number of carbonyl (C=O) groups is 1. The molecule has 4 aromatic rings. The third-order valence-corrected chi connectivity index (χ3v) is 4.77. The highest BCUT2D eigenvalue weighted by Crippen LogP contribution is 2.24. The van der Waals surface area contributed by atoms with Crippen LogP contribution in [0.1, 0.15) is 0 Å². The van der Waals surface area contributed by atoms with Crippen molar-refractivity contribution in [1.29, 1.82) is 0 Å². The van der Waals surface area contributed by atoms with Crippen molar-refractivity contribution in [2.45, 2.75) is 5.16 Å². The second-order valence-corrected chi connectivity index (χ2v) is 6.59. The van der Waals surface area contributed by atoms with Crippen molar-refractivity contribution in [3.05, 3.63) is 60.7 Å². The molecular formula is C18H16N6OS. The Labute approximate surface area is 153 Å². The molecule has 0 radical (unpaired) electrons. The maximum atomic E-state index is 12.1. The number of thioether (sulfide) groups is 1. The van der Waals surface area contributed by atoms with Crippen molar-refractivity contribution in [2.75, 3.05) is 16.9 Å². The molecule has 0 atom stereocenters. The van der Waals surface area contributed by atoms with Crippen LogP contribution in [0.2, 0.25) is 0 Å². The quantitative estimate of drug-likeness (QED) is 0.373. The second-order valence-electron chi connectivity index (χ2n) is 5.65. The Hall–Kier alpha value is -3.26. The van der Waals surface area contributed by atoms with Crippen molar-refractivity contribution in [1.82, 2.24) is 19.9 Å². The summed E-state index contributed by atoms with van der Waals surface area (Å²) in [5.41, 5.74) is 2.54. The van der Waals surface area contributed by atoms with Crippen LogP contribution in [-0.4, -0.2) is 31.5 Å². The van der Waals surface area contributed by atoms with E-state index in [2.05, 4.69) is 20.5 Å². The number of anilines is 1. The van der Waals surface area contributed by atoms with Crippen molar-refractivity contribution in [3.8, 4) is 11.5 Å². The monoisotopic (exact) mass is 364 g/mol. The minimum Gasteiger partial charge on any atom is -0.352 e. The normalized spacial score (nSPS) is 10.9. The van der Waals surface area contributed by atoms with E-state index in [0.29, 0.717) is 11.0 Å². The fourth-order valence-corrected chi connectivity index (χ4v) is 3.26. The van der Waals surface area contributed by atoms with Gasteiger partial charge in [0, 0.05) is 16.6 Å². The minimum atomic E-state index is -0.128. The first-order chi connectivity index (χ1) is 12.7. The van der Waals surface area contributed by atoms with Crippen LogP contribution in [0.3, 0.4) is 0 Å². The van der Waals surface area contributed by atoms with Gasteiger partial charge in [0.25, 0.3) is 0 Å². The summed E-state index contributed by atoms with van der Waals surface area (Å²) in [6.45, 7) is 0. The maximum absolute atomic E-state index is 12.1. The van der Waals surface area contributed by atoms with Gasteiger partial charge in [-0.05, 0) is 24.3 Å². The van der Waals surface area contributed by atoms with Gasteiger partial charge in [-0.2, -0.15) is 0 Å². The fourth-order valence-electron chi connectivity index (χ4n) is 2.60. The van der Waals surface area contributed by atoms with Gasteiger partial charge in [-0.15, -0.1) is 10.2 Å². The lowest BCUT2D eigenvalue weighted by atomic mass is 10.2. The number of para-hydroxylation sites is 2. The molecular weight excluding hydrogens is 348 g/mol. The Kier molecular flexibility index (Phi) is 4.32. The predicted octanol–water partition coefficient (Wildman–Crippen LogP) is 2.87. The van der Waals surface area contributed by atoms with Crippen LogP contribution in [0, 0.1) is 0 Å². The topological polar surface area (TPSA) is 102 Å². The van der Waals surface area contributed by atoms with Crippen molar-refractivity contribution in [2.24, 2.45) is 0 Å². The Balaban J connectivity index is 1.46. The molecule has 0 unspecified atom stereocenters. The van der Waals surface area contributed by atoms with Crippen LogP contribution in [-0.2, 0) is 4.79 Å². The summed E-state index contributed by atoms with van der Waals surface area (Å²) < 4.78 is 1.39. The van der Waals surface area contributed by atoms with Crippen LogP contribution in [0.4, 0.5) is 5.69 Å². The SMILES string of the molecule is Nn1c(SCC(=O)Nc2ccccc2)nnc1-c1cc2ccccc2[nH]1. The lowest BCUT2D eigenvalue weighted by Gasteiger charge is -2.05. The summed E-state index contributed by atoms with van der Waals surface area (Å²) in [5, 5.41) is 12.6. The first kappa shape index (κ1) is 16.2. The molecule has 26 heavy (non-hydrogen) atoms. The number of benzene rings is 2. The number of hydrogen-bond donors (Lipinski definition) is 3. The number of hydrogen-bond acceptors (Lipinski definition) is 5. The number of nitrogens with one attached hydrogen (secondary N) is 2. The van der Waals surface area contributed by atoms with Crippen molar-refractivity contribution >= 4 is 34.3 Å². The molecule has 8 heteroatoms. The zero-order valence-corrected chi connectivity index (χ0v) is 14.5. The Bertz CT molecular complexity index is 1020. The number of amides is 1. The Morgan fingerprint density at radius 2 is 1.88 bits per heavy atom. The zero-order valence-electron chi connectivity index (χ0n) is 13.7. The summed E-state index contributed by atoms with van der Waals surface area (Å²) in [6, 6.07) is 19.2. The van der Waals surface area contributed by atoms with E-state index in [1.54, 1.807) is 0 Å². The minimum absolute atomic E-state index is 0.128. The summed E-state index contributed by atoms with van der Waals surface area (Å²) in [6.07, 6.45) is 0. The molecule has 0 saturated carbocycles. The van der Waals surface area contributed by atoms with Gasteiger partial charge in [-0.3, -0.25) is 4.79 Å². The Morgan fingerprint density at radius 1 is 1.12 bits per heavy atom. The maximum Gasteiger partial charge on any atom is 0.234 e. The van der Waals surface area contributed by atoms with E-state index in [-0.39, 0.29) is 11.7 Å². The van der Waals surface area contributed by atoms with Crippen LogP contribution in [0.25, 0.3) is 22.4 Å². The molecule has 0 spiro atoms. The molecule has 4 rings (SSSR count). The number of aromatic amines is 1. The summed E-state index contributed by atoms with van der Waals surface area (Å²) in [4.78, 5) is 15.3. The first-order valence-electron chi connectivity index (χ1n) is 7.97. The van der Waals surface area contributed by atoms with Gasteiger partial charge in [0.1, 0.15) is 0 Å². The molecule has 2 aromatic carbocycles. The highest BCUT2D eigenvalue weighted by Gasteiger charge is 2.15. The molecule has 0 aliphatic carbocycles. The van der Waals surface area contributed by atoms with Gasteiger partial charge in [0.2, 0.25) is 11.1 Å². The highest BCUT2D eigenvalue weighted by molar-refractivity contribution is 7.99. The number of nitrogens with two attached hydrogens (primary N) is 1. The average Bonchev–Trinajstić information content (AvgIpc) is 3.24. The molecule has 1 amide bonds. The second kappa shape index (κ2) is 6.93. The average molecular weight is 364 g/mol. The third kappa shape index (κ3) is 3.27. The van der Waals surface area contributed by atoms with Gasteiger partial charge in [0.15, 0.2) is 5.82 Å². The van der Waals surface area contributed by atoms with E-state index in [9.17, 15) is 4.79 Å². The summed E-state index contributed by atoms with van der Waals surface area (Å²) in [7, 11) is 0. The summed E-state index contributed by atoms with van der Waals surface area (Å²) in [5.74, 6) is 6.70. The molecule has 0 aliphatic heterocycles. The van der Waals surface area contributed by atoms with Crippen molar-refractivity contribution < 1.29 is 4.79 Å². The number of carbonyl (C=O) groups excluding carboxylic acids is 1. The zero-order chi connectivity index (χ0) is 17.9. The van der Waals surface area contributed by atoms with Crippen molar-refractivity contribution in [3.63, 3.8) is 0 Å². The number of H-pyrrole nitrogens is 1. The highest BCUT2D eigenvalue weighted by atomic mass is 32.2. The van der Waals surface area contributed by atoms with Crippen LogP contribution >= 0.6 is 11.8 Å². The van der Waals surface area contributed by atoms with Gasteiger partial charge in [-0.1, -0.05) is 48.2 Å². The molecule has 2 heterocycles. The molecule has 0 fully saturated rings. The summed E-state index contributed by atoms with van der Waals surface area (Å²) >= 11 is 1.24. The number of fused-ring (bicyclic) bond motifs is 1. The number of aromatic nitrogens is 4. The molecule has 7 nitrogen and oxygen atoms in total. The number of nitrogens with zero attached hydrogens (tertiary/aromatic N) is 3. The number of rotatable bonds is 5. The van der Waals surface area contributed by atoms with E-state index < -0.39 is 0 Å². The van der Waals surface area contributed by atoms with Crippen LogP contribution in [0.15, 0.2) is 65.8 Å². The largest absolute Gasteiger partial charge is 0.352 e. The van der Waals surface area contributed by atoms with E-state index in [4.69, 9.17) is 5.84 Å². The lowest BCUT2D eigenvalue weighted by molar-refractivity contribution is -0.113. The molecule has 0 aliphatic rings. The lowest BCUT2D eigenvalue weighted by Crippen LogP contribution is -2.16. The van der Waals surface area contributed by atoms with Gasteiger partial charge in [-0.25, -0.2) is 4.68 Å². The molecule has 130 valence electrons. The van der Waals surface area contributed by atoms with Gasteiger partial charge >= 0.3 is 0 Å².